The summed E-state index contributed by atoms with van der Waals surface area (Å²) in [6, 6.07) is 18.9. The molecule has 2 aliphatic rings. The summed E-state index contributed by atoms with van der Waals surface area (Å²) in [4.78, 5) is 27.2. The number of sulfonamides is 1. The molecule has 3 amide bonds. The van der Waals surface area contributed by atoms with Gasteiger partial charge in [-0.2, -0.15) is 0 Å². The van der Waals surface area contributed by atoms with Crippen LogP contribution in [-0.4, -0.2) is 37.8 Å². The topological polar surface area (TPSA) is 95.6 Å². The van der Waals surface area contributed by atoms with Crippen molar-refractivity contribution in [1.82, 2.24) is 14.9 Å². The first-order valence-electron chi connectivity index (χ1n) is 12.9. The minimum absolute atomic E-state index is 0.000465. The van der Waals surface area contributed by atoms with E-state index in [2.05, 4.69) is 10.0 Å². The van der Waals surface area contributed by atoms with Crippen molar-refractivity contribution < 1.29 is 22.4 Å². The van der Waals surface area contributed by atoms with Crippen LogP contribution in [-0.2, 0) is 16.4 Å². The molecule has 0 radical (unpaired) electrons. The fourth-order valence-corrected chi connectivity index (χ4v) is 6.25. The third kappa shape index (κ3) is 5.57. The zero-order valence-corrected chi connectivity index (χ0v) is 21.7. The van der Waals surface area contributed by atoms with Crippen molar-refractivity contribution in [2.45, 2.75) is 55.5 Å². The molecule has 0 bridgehead atoms. The van der Waals surface area contributed by atoms with Crippen molar-refractivity contribution in [3.8, 4) is 0 Å². The van der Waals surface area contributed by atoms with Gasteiger partial charge < -0.3 is 10.2 Å². The highest BCUT2D eigenvalue weighted by molar-refractivity contribution is 7.90. The Morgan fingerprint density at radius 1 is 0.921 bits per heavy atom. The van der Waals surface area contributed by atoms with E-state index in [0.717, 1.165) is 48.8 Å². The van der Waals surface area contributed by atoms with Gasteiger partial charge in [-0.1, -0.05) is 61.7 Å². The maximum Gasteiger partial charge on any atom is 0.328 e. The largest absolute Gasteiger partial charge is 0.335 e. The minimum atomic E-state index is -4.01. The number of hydrogen-bond acceptors (Lipinski definition) is 4. The summed E-state index contributed by atoms with van der Waals surface area (Å²) in [5.74, 6) is -0.434. The smallest absolute Gasteiger partial charge is 0.328 e. The molecule has 1 atom stereocenters. The van der Waals surface area contributed by atoms with Crippen molar-refractivity contribution in [3.63, 3.8) is 0 Å². The Morgan fingerprint density at radius 2 is 1.61 bits per heavy atom. The molecule has 198 valence electrons. The van der Waals surface area contributed by atoms with Crippen LogP contribution in [0.4, 0.5) is 9.18 Å². The molecule has 1 aliphatic carbocycles. The Balaban J connectivity index is 1.25. The predicted octanol–water partition coefficient (Wildman–Crippen LogP) is 4.93. The number of fused-ring (bicyclic) bond motifs is 1. The van der Waals surface area contributed by atoms with Gasteiger partial charge in [-0.25, -0.2) is 22.3 Å². The summed E-state index contributed by atoms with van der Waals surface area (Å²) in [7, 11) is -4.01. The van der Waals surface area contributed by atoms with Gasteiger partial charge in [-0.05, 0) is 66.3 Å². The van der Waals surface area contributed by atoms with Gasteiger partial charge >= 0.3 is 6.03 Å². The van der Waals surface area contributed by atoms with Gasteiger partial charge in [0.25, 0.3) is 15.9 Å². The minimum Gasteiger partial charge on any atom is -0.335 e. The third-order valence-electron chi connectivity index (χ3n) is 7.29. The number of nitrogens with one attached hydrogen (secondary N) is 2. The van der Waals surface area contributed by atoms with Crippen LogP contribution in [0.2, 0.25) is 0 Å². The van der Waals surface area contributed by atoms with Crippen molar-refractivity contribution in [3.05, 3.63) is 101 Å². The maximum absolute atomic E-state index is 13.6. The first-order chi connectivity index (χ1) is 18.3. The highest BCUT2D eigenvalue weighted by Gasteiger charge is 2.37. The molecule has 38 heavy (non-hydrogen) atoms. The van der Waals surface area contributed by atoms with E-state index in [4.69, 9.17) is 0 Å². The van der Waals surface area contributed by atoms with E-state index >= 15 is 0 Å². The van der Waals surface area contributed by atoms with Gasteiger partial charge in [0, 0.05) is 18.2 Å². The standard InChI is InChI=1S/C29H30FN3O4S/c30-22-14-12-21(13-15-22)27-25-8-4-5-9-26(25)28(34)33(27)19-18-20-10-16-24(17-11-20)38(36,37)32-29(35)31-23-6-2-1-3-7-23/h4-5,8-17,23,27H,1-3,6-7,18-19H2,(H2,31,32,35). The first kappa shape index (κ1) is 25.9. The molecule has 3 aromatic rings. The molecule has 0 saturated heterocycles. The summed E-state index contributed by atoms with van der Waals surface area (Å²) in [5.41, 5.74) is 3.17. The monoisotopic (exact) mass is 535 g/mol. The number of amides is 3. The molecule has 1 heterocycles. The quantitative estimate of drug-likeness (QED) is 0.448. The maximum atomic E-state index is 13.6. The van der Waals surface area contributed by atoms with E-state index in [0.29, 0.717) is 18.5 Å². The normalized spacial score (nSPS) is 17.8. The second kappa shape index (κ2) is 10.9. The van der Waals surface area contributed by atoms with Crippen LogP contribution >= 0.6 is 0 Å². The van der Waals surface area contributed by atoms with Crippen LogP contribution in [0.25, 0.3) is 0 Å². The molecule has 2 N–H and O–H groups in total. The van der Waals surface area contributed by atoms with Crippen molar-refractivity contribution >= 4 is 22.0 Å². The number of benzene rings is 3. The fraction of sp³-hybridized carbons (Fsp3) is 0.310. The van der Waals surface area contributed by atoms with E-state index in [9.17, 15) is 22.4 Å². The molecule has 7 nitrogen and oxygen atoms in total. The lowest BCUT2D eigenvalue weighted by atomic mass is 9.96. The van der Waals surface area contributed by atoms with Crippen LogP contribution < -0.4 is 10.0 Å². The van der Waals surface area contributed by atoms with Gasteiger partial charge in [-0.3, -0.25) is 4.79 Å². The fourth-order valence-electron chi connectivity index (χ4n) is 5.33. The van der Waals surface area contributed by atoms with Gasteiger partial charge in [0.05, 0.1) is 10.9 Å². The molecule has 1 aliphatic heterocycles. The highest BCUT2D eigenvalue weighted by atomic mass is 32.2. The zero-order valence-electron chi connectivity index (χ0n) is 20.9. The molecular weight excluding hydrogens is 505 g/mol. The summed E-state index contributed by atoms with van der Waals surface area (Å²) in [6.07, 6.45) is 5.39. The van der Waals surface area contributed by atoms with Gasteiger partial charge in [0.2, 0.25) is 0 Å². The lowest BCUT2D eigenvalue weighted by Gasteiger charge is -2.26. The van der Waals surface area contributed by atoms with E-state index in [1.807, 2.05) is 18.2 Å². The molecule has 9 heteroatoms. The number of rotatable bonds is 7. The number of halogens is 1. The molecule has 1 fully saturated rings. The Bertz CT molecular complexity index is 1420. The molecule has 5 rings (SSSR count). The van der Waals surface area contributed by atoms with Crippen LogP contribution in [0.5, 0.6) is 0 Å². The average Bonchev–Trinajstić information content (AvgIpc) is 3.20. The van der Waals surface area contributed by atoms with Crippen molar-refractivity contribution in [2.24, 2.45) is 0 Å². The van der Waals surface area contributed by atoms with Crippen molar-refractivity contribution in [1.29, 1.82) is 0 Å². The van der Waals surface area contributed by atoms with E-state index in [-0.39, 0.29) is 28.7 Å². The van der Waals surface area contributed by atoms with Gasteiger partial charge in [0.15, 0.2) is 0 Å². The van der Waals surface area contributed by atoms with E-state index < -0.39 is 16.1 Å². The van der Waals surface area contributed by atoms with Crippen LogP contribution in [0.1, 0.15) is 65.2 Å². The van der Waals surface area contributed by atoms with Crippen LogP contribution in [0.15, 0.2) is 77.7 Å². The molecule has 0 spiro atoms. The highest BCUT2D eigenvalue weighted by Crippen LogP contribution is 2.38. The Morgan fingerprint density at radius 3 is 2.32 bits per heavy atom. The number of carbonyl (C=O) groups excluding carboxylic acids is 2. The molecule has 1 saturated carbocycles. The Kier molecular flexibility index (Phi) is 7.46. The van der Waals surface area contributed by atoms with E-state index in [1.165, 1.54) is 24.3 Å². The number of nitrogens with zero attached hydrogens (tertiary/aromatic N) is 1. The van der Waals surface area contributed by atoms with Crippen molar-refractivity contribution in [2.75, 3.05) is 6.54 Å². The SMILES string of the molecule is O=C(NC1CCCCC1)NS(=O)(=O)c1ccc(CCN2C(=O)c3ccccc3C2c2ccc(F)cc2)cc1. The second-order valence-electron chi connectivity index (χ2n) is 9.85. The zero-order chi connectivity index (χ0) is 26.7. The Hall–Kier alpha value is -3.72. The lowest BCUT2D eigenvalue weighted by Crippen LogP contribution is -2.45. The number of urea groups is 1. The van der Waals surface area contributed by atoms with Crippen LogP contribution in [0.3, 0.4) is 0 Å². The predicted molar refractivity (Wildman–Crippen MR) is 142 cm³/mol. The second-order valence-corrected chi connectivity index (χ2v) is 11.5. The van der Waals surface area contributed by atoms with Gasteiger partial charge in [-0.15, -0.1) is 0 Å². The van der Waals surface area contributed by atoms with Gasteiger partial charge in [0.1, 0.15) is 5.82 Å². The molecule has 0 aromatic heterocycles. The summed E-state index contributed by atoms with van der Waals surface area (Å²) in [6.45, 7) is 0.393. The first-order valence-corrected chi connectivity index (χ1v) is 14.4. The molecule has 1 unspecified atom stereocenters. The molecular formula is C29H30FN3O4S. The van der Waals surface area contributed by atoms with E-state index in [1.54, 1.807) is 35.2 Å². The summed E-state index contributed by atoms with van der Waals surface area (Å²) >= 11 is 0. The third-order valence-corrected chi connectivity index (χ3v) is 8.63. The summed E-state index contributed by atoms with van der Waals surface area (Å²) in [5, 5.41) is 2.75. The van der Waals surface area contributed by atoms with Crippen LogP contribution in [0, 0.1) is 5.82 Å². The number of hydrogen-bond donors (Lipinski definition) is 2. The Labute approximate surface area is 222 Å². The summed E-state index contributed by atoms with van der Waals surface area (Å²) < 4.78 is 41.1. The molecule has 3 aromatic carbocycles. The average molecular weight is 536 g/mol. The lowest BCUT2D eigenvalue weighted by molar-refractivity contribution is 0.0751. The number of carbonyl (C=O) groups is 2.